The standard InChI is InChI=1S/C13H17NO2.ClH/c1-9(15)16-12-7-5-11(6-8-12)13(14)10-3-2-4-10;/h5-8,10,13H,2-4,14H2,1H3;1H/t13-;/m0./s1. The number of benzene rings is 1. The van der Waals surface area contributed by atoms with Gasteiger partial charge in [0.15, 0.2) is 0 Å². The summed E-state index contributed by atoms with van der Waals surface area (Å²) in [5, 5.41) is 0. The molecule has 0 saturated heterocycles. The topological polar surface area (TPSA) is 52.3 Å². The van der Waals surface area contributed by atoms with Crippen molar-refractivity contribution in [3.63, 3.8) is 0 Å². The molecule has 0 aliphatic heterocycles. The van der Waals surface area contributed by atoms with Gasteiger partial charge in [0.25, 0.3) is 0 Å². The molecule has 0 radical (unpaired) electrons. The molecule has 1 aliphatic carbocycles. The van der Waals surface area contributed by atoms with E-state index in [4.69, 9.17) is 10.5 Å². The van der Waals surface area contributed by atoms with Crippen molar-refractivity contribution in [3.8, 4) is 5.75 Å². The van der Waals surface area contributed by atoms with Gasteiger partial charge in [-0.25, -0.2) is 0 Å². The molecule has 1 atom stereocenters. The van der Waals surface area contributed by atoms with Gasteiger partial charge in [-0.05, 0) is 36.5 Å². The van der Waals surface area contributed by atoms with Crippen LogP contribution in [0.5, 0.6) is 5.75 Å². The van der Waals surface area contributed by atoms with Crippen LogP contribution in [0.1, 0.15) is 37.8 Å². The predicted octanol–water partition coefficient (Wildman–Crippen LogP) is 2.83. The molecule has 3 nitrogen and oxygen atoms in total. The number of carbonyl (C=O) groups excluding carboxylic acids is 1. The van der Waals surface area contributed by atoms with Crippen LogP contribution in [0.4, 0.5) is 0 Å². The van der Waals surface area contributed by atoms with Gasteiger partial charge in [-0.2, -0.15) is 0 Å². The second-order valence-electron chi connectivity index (χ2n) is 4.38. The van der Waals surface area contributed by atoms with E-state index in [1.54, 1.807) is 12.1 Å². The molecule has 1 aliphatic rings. The lowest BCUT2D eigenvalue weighted by molar-refractivity contribution is -0.131. The zero-order valence-corrected chi connectivity index (χ0v) is 10.7. The number of ether oxygens (including phenoxy) is 1. The van der Waals surface area contributed by atoms with Gasteiger partial charge in [-0.3, -0.25) is 4.79 Å². The highest BCUT2D eigenvalue weighted by atomic mass is 35.5. The summed E-state index contributed by atoms with van der Waals surface area (Å²) < 4.78 is 4.97. The van der Waals surface area contributed by atoms with Crippen molar-refractivity contribution in [2.45, 2.75) is 32.2 Å². The monoisotopic (exact) mass is 255 g/mol. The minimum Gasteiger partial charge on any atom is -0.427 e. The lowest BCUT2D eigenvalue weighted by atomic mass is 9.78. The minimum absolute atomic E-state index is 0. The first kappa shape index (κ1) is 14.0. The Hall–Kier alpha value is -1.06. The fourth-order valence-corrected chi connectivity index (χ4v) is 2.00. The largest absolute Gasteiger partial charge is 0.427 e. The third-order valence-corrected chi connectivity index (χ3v) is 3.18. The second-order valence-corrected chi connectivity index (χ2v) is 4.38. The molecule has 94 valence electrons. The third-order valence-electron chi connectivity index (χ3n) is 3.18. The lowest BCUT2D eigenvalue weighted by Crippen LogP contribution is -2.26. The predicted molar refractivity (Wildman–Crippen MR) is 69.3 cm³/mol. The van der Waals surface area contributed by atoms with Gasteiger partial charge in [0.05, 0.1) is 0 Å². The fourth-order valence-electron chi connectivity index (χ4n) is 2.00. The molecule has 0 bridgehead atoms. The summed E-state index contributed by atoms with van der Waals surface area (Å²) in [6, 6.07) is 7.62. The van der Waals surface area contributed by atoms with Crippen LogP contribution in [-0.4, -0.2) is 5.97 Å². The Balaban J connectivity index is 0.00000144. The highest BCUT2D eigenvalue weighted by molar-refractivity contribution is 5.85. The Morgan fingerprint density at radius 2 is 1.94 bits per heavy atom. The first-order valence-electron chi connectivity index (χ1n) is 5.71. The molecule has 0 heterocycles. The maximum atomic E-state index is 10.7. The lowest BCUT2D eigenvalue weighted by Gasteiger charge is -2.31. The maximum Gasteiger partial charge on any atom is 0.308 e. The first-order chi connectivity index (χ1) is 7.66. The summed E-state index contributed by atoms with van der Waals surface area (Å²) in [6.45, 7) is 1.40. The van der Waals surface area contributed by atoms with Gasteiger partial charge in [-0.15, -0.1) is 12.4 Å². The van der Waals surface area contributed by atoms with E-state index in [-0.39, 0.29) is 24.4 Å². The molecule has 0 unspecified atom stereocenters. The van der Waals surface area contributed by atoms with Gasteiger partial charge in [0.1, 0.15) is 5.75 Å². The number of hydrogen-bond acceptors (Lipinski definition) is 3. The maximum absolute atomic E-state index is 10.7. The highest BCUT2D eigenvalue weighted by Gasteiger charge is 2.25. The van der Waals surface area contributed by atoms with Crippen molar-refractivity contribution < 1.29 is 9.53 Å². The summed E-state index contributed by atoms with van der Waals surface area (Å²) in [6.07, 6.45) is 3.75. The molecule has 2 N–H and O–H groups in total. The van der Waals surface area contributed by atoms with E-state index in [0.717, 1.165) is 5.56 Å². The Morgan fingerprint density at radius 1 is 1.35 bits per heavy atom. The Kier molecular flexibility index (Phi) is 4.97. The second kappa shape index (κ2) is 6.03. The van der Waals surface area contributed by atoms with Crippen molar-refractivity contribution in [1.29, 1.82) is 0 Å². The van der Waals surface area contributed by atoms with Crippen LogP contribution in [0.2, 0.25) is 0 Å². The van der Waals surface area contributed by atoms with E-state index in [1.165, 1.54) is 26.2 Å². The van der Waals surface area contributed by atoms with Gasteiger partial charge in [-0.1, -0.05) is 18.6 Å². The van der Waals surface area contributed by atoms with E-state index in [2.05, 4.69) is 0 Å². The van der Waals surface area contributed by atoms with Crippen molar-refractivity contribution in [1.82, 2.24) is 0 Å². The van der Waals surface area contributed by atoms with Crippen molar-refractivity contribution in [2.24, 2.45) is 11.7 Å². The number of halogens is 1. The van der Waals surface area contributed by atoms with Gasteiger partial charge >= 0.3 is 5.97 Å². The van der Waals surface area contributed by atoms with Crippen LogP contribution < -0.4 is 10.5 Å². The molecule has 0 aromatic heterocycles. The molecule has 1 aromatic carbocycles. The number of rotatable bonds is 3. The SMILES string of the molecule is CC(=O)Oc1ccc([C@@H](N)C2CCC2)cc1.Cl. The summed E-state index contributed by atoms with van der Waals surface area (Å²) in [5.74, 6) is 0.910. The molecule has 0 spiro atoms. The Morgan fingerprint density at radius 3 is 2.35 bits per heavy atom. The third kappa shape index (κ3) is 3.45. The summed E-state index contributed by atoms with van der Waals surface area (Å²) in [7, 11) is 0. The van der Waals surface area contributed by atoms with Crippen LogP contribution in [0.25, 0.3) is 0 Å². The van der Waals surface area contributed by atoms with E-state index < -0.39 is 0 Å². The van der Waals surface area contributed by atoms with Crippen LogP contribution in [0, 0.1) is 5.92 Å². The molecule has 1 fully saturated rings. The zero-order valence-electron chi connectivity index (χ0n) is 9.89. The first-order valence-corrected chi connectivity index (χ1v) is 5.71. The van der Waals surface area contributed by atoms with Crippen LogP contribution in [-0.2, 0) is 4.79 Å². The van der Waals surface area contributed by atoms with Crippen molar-refractivity contribution in [2.75, 3.05) is 0 Å². The number of hydrogen-bond donors (Lipinski definition) is 1. The Bertz CT molecular complexity index is 374. The average molecular weight is 256 g/mol. The molecule has 0 amide bonds. The molecular formula is C13H18ClNO2. The molecule has 1 aromatic rings. The van der Waals surface area contributed by atoms with Crippen molar-refractivity contribution >= 4 is 18.4 Å². The number of carbonyl (C=O) groups is 1. The molecule has 17 heavy (non-hydrogen) atoms. The Labute approximate surface area is 108 Å². The molecular weight excluding hydrogens is 238 g/mol. The van der Waals surface area contributed by atoms with Crippen LogP contribution in [0.15, 0.2) is 24.3 Å². The van der Waals surface area contributed by atoms with E-state index in [9.17, 15) is 4.79 Å². The van der Waals surface area contributed by atoms with Crippen molar-refractivity contribution in [3.05, 3.63) is 29.8 Å². The smallest absolute Gasteiger partial charge is 0.308 e. The van der Waals surface area contributed by atoms with E-state index >= 15 is 0 Å². The van der Waals surface area contributed by atoms with Crippen LogP contribution in [0.3, 0.4) is 0 Å². The summed E-state index contributed by atoms with van der Waals surface area (Å²) >= 11 is 0. The summed E-state index contributed by atoms with van der Waals surface area (Å²) in [4.78, 5) is 10.7. The number of esters is 1. The summed E-state index contributed by atoms with van der Waals surface area (Å²) in [5.41, 5.74) is 7.27. The van der Waals surface area contributed by atoms with E-state index in [1.807, 2.05) is 12.1 Å². The minimum atomic E-state index is -0.295. The van der Waals surface area contributed by atoms with Gasteiger partial charge < -0.3 is 10.5 Å². The zero-order chi connectivity index (χ0) is 11.5. The van der Waals surface area contributed by atoms with E-state index in [0.29, 0.717) is 11.7 Å². The van der Waals surface area contributed by atoms with Gasteiger partial charge in [0, 0.05) is 13.0 Å². The quantitative estimate of drug-likeness (QED) is 0.668. The average Bonchev–Trinajstić information content (AvgIpc) is 2.15. The molecule has 1 saturated carbocycles. The molecule has 2 rings (SSSR count). The fraction of sp³-hybridized carbons (Fsp3) is 0.462. The van der Waals surface area contributed by atoms with Gasteiger partial charge in [0.2, 0.25) is 0 Å². The van der Waals surface area contributed by atoms with Crippen LogP contribution >= 0.6 is 12.4 Å². The normalized spacial score (nSPS) is 16.6. The number of nitrogens with two attached hydrogens (primary N) is 1. The molecule has 4 heteroatoms. The highest BCUT2D eigenvalue weighted by Crippen LogP contribution is 2.36.